The molecule has 1 N–H and O–H groups in total. The Bertz CT molecular complexity index is 726. The van der Waals surface area contributed by atoms with Gasteiger partial charge in [-0.25, -0.2) is 0 Å². The summed E-state index contributed by atoms with van der Waals surface area (Å²) in [4.78, 5) is 25.7. The van der Waals surface area contributed by atoms with Crippen molar-refractivity contribution in [3.05, 3.63) is 59.7 Å². The molecule has 0 radical (unpaired) electrons. The summed E-state index contributed by atoms with van der Waals surface area (Å²) >= 11 is 0. The van der Waals surface area contributed by atoms with Gasteiger partial charge in [0, 0.05) is 19.8 Å². The Hall–Kier alpha value is -2.82. The van der Waals surface area contributed by atoms with E-state index < -0.39 is 0 Å². The number of likely N-dealkylation sites (N-methyl/N-ethyl adjacent to an activating group) is 1. The standard InChI is InChI=1S/C19H22N2O3/c1-4-14-9-5-7-11-16(14)20-19(23)15-10-6-8-12-17(15)24-13-18(22)21(2)3/h5-12H,4,13H2,1-3H3,(H,20,23). The van der Waals surface area contributed by atoms with E-state index in [4.69, 9.17) is 4.74 Å². The van der Waals surface area contributed by atoms with Gasteiger partial charge in [0.25, 0.3) is 11.8 Å². The number of nitrogens with zero attached hydrogens (tertiary/aromatic N) is 1. The molecule has 0 aliphatic rings. The van der Waals surface area contributed by atoms with Gasteiger partial charge in [0.15, 0.2) is 6.61 Å². The molecule has 0 bridgehead atoms. The average Bonchev–Trinajstić information content (AvgIpc) is 2.60. The Morgan fingerprint density at radius 1 is 1.04 bits per heavy atom. The van der Waals surface area contributed by atoms with E-state index in [-0.39, 0.29) is 18.4 Å². The molecular formula is C19H22N2O3. The molecule has 5 heteroatoms. The van der Waals surface area contributed by atoms with Crippen LogP contribution in [0, 0.1) is 0 Å². The van der Waals surface area contributed by atoms with Crippen LogP contribution < -0.4 is 10.1 Å². The minimum Gasteiger partial charge on any atom is -0.483 e. The molecule has 0 saturated heterocycles. The Kier molecular flexibility index (Phi) is 5.95. The first-order valence-corrected chi connectivity index (χ1v) is 7.84. The van der Waals surface area contributed by atoms with Gasteiger partial charge in [-0.2, -0.15) is 0 Å². The number of hydrogen-bond donors (Lipinski definition) is 1. The fraction of sp³-hybridized carbons (Fsp3) is 0.263. The van der Waals surface area contributed by atoms with E-state index in [9.17, 15) is 9.59 Å². The molecule has 2 aromatic carbocycles. The minimum atomic E-state index is -0.260. The van der Waals surface area contributed by atoms with E-state index in [1.54, 1.807) is 38.4 Å². The number of benzene rings is 2. The highest BCUT2D eigenvalue weighted by Crippen LogP contribution is 2.21. The van der Waals surface area contributed by atoms with Crippen LogP contribution in [-0.4, -0.2) is 37.4 Å². The number of ether oxygens (including phenoxy) is 1. The van der Waals surface area contributed by atoms with Gasteiger partial charge >= 0.3 is 0 Å². The van der Waals surface area contributed by atoms with Gasteiger partial charge in [0.05, 0.1) is 5.56 Å². The maximum absolute atomic E-state index is 12.6. The second kappa shape index (κ2) is 8.15. The second-order valence-corrected chi connectivity index (χ2v) is 5.54. The van der Waals surface area contributed by atoms with Crippen LogP contribution >= 0.6 is 0 Å². The summed E-state index contributed by atoms with van der Waals surface area (Å²) in [5.41, 5.74) is 2.24. The second-order valence-electron chi connectivity index (χ2n) is 5.54. The van der Waals surface area contributed by atoms with E-state index in [1.807, 2.05) is 31.2 Å². The van der Waals surface area contributed by atoms with E-state index in [0.717, 1.165) is 17.7 Å². The van der Waals surface area contributed by atoms with Gasteiger partial charge in [-0.3, -0.25) is 9.59 Å². The van der Waals surface area contributed by atoms with E-state index in [0.29, 0.717) is 11.3 Å². The number of anilines is 1. The molecular weight excluding hydrogens is 304 g/mol. The molecule has 24 heavy (non-hydrogen) atoms. The van der Waals surface area contributed by atoms with Crippen molar-refractivity contribution in [2.24, 2.45) is 0 Å². The van der Waals surface area contributed by atoms with Crippen molar-refractivity contribution in [3.8, 4) is 5.75 Å². The summed E-state index contributed by atoms with van der Waals surface area (Å²) in [6.07, 6.45) is 0.825. The molecule has 0 unspecified atom stereocenters. The predicted molar refractivity (Wildman–Crippen MR) is 94.4 cm³/mol. The van der Waals surface area contributed by atoms with Crippen LogP contribution in [0.1, 0.15) is 22.8 Å². The van der Waals surface area contributed by atoms with Crippen LogP contribution in [0.4, 0.5) is 5.69 Å². The third-order valence-electron chi connectivity index (χ3n) is 3.63. The molecule has 0 saturated carbocycles. The Morgan fingerprint density at radius 3 is 2.42 bits per heavy atom. The Balaban J connectivity index is 2.16. The number of carbonyl (C=O) groups excluding carboxylic acids is 2. The molecule has 0 aromatic heterocycles. The van der Waals surface area contributed by atoms with E-state index in [1.165, 1.54) is 4.90 Å². The summed E-state index contributed by atoms with van der Waals surface area (Å²) in [6, 6.07) is 14.6. The summed E-state index contributed by atoms with van der Waals surface area (Å²) in [6.45, 7) is 1.93. The molecule has 2 rings (SSSR count). The summed E-state index contributed by atoms with van der Waals surface area (Å²) < 4.78 is 5.52. The number of aryl methyl sites for hydroxylation is 1. The van der Waals surface area contributed by atoms with E-state index in [2.05, 4.69) is 5.32 Å². The molecule has 2 aromatic rings. The van der Waals surface area contributed by atoms with Crippen molar-refractivity contribution in [3.63, 3.8) is 0 Å². The van der Waals surface area contributed by atoms with Crippen molar-refractivity contribution in [1.29, 1.82) is 0 Å². The van der Waals surface area contributed by atoms with Crippen molar-refractivity contribution in [2.75, 3.05) is 26.0 Å². The molecule has 0 aliphatic heterocycles. The highest BCUT2D eigenvalue weighted by molar-refractivity contribution is 6.06. The zero-order valence-electron chi connectivity index (χ0n) is 14.2. The van der Waals surface area contributed by atoms with Crippen molar-refractivity contribution < 1.29 is 14.3 Å². The van der Waals surface area contributed by atoms with Crippen LogP contribution in [0.3, 0.4) is 0 Å². The number of para-hydroxylation sites is 2. The Morgan fingerprint density at radius 2 is 1.71 bits per heavy atom. The SMILES string of the molecule is CCc1ccccc1NC(=O)c1ccccc1OCC(=O)N(C)C. The van der Waals surface area contributed by atoms with Crippen LogP contribution in [0.5, 0.6) is 5.75 Å². The number of carbonyl (C=O) groups is 2. The zero-order valence-corrected chi connectivity index (χ0v) is 14.2. The number of amides is 2. The van der Waals surface area contributed by atoms with Gasteiger partial charge in [-0.05, 0) is 30.2 Å². The molecule has 5 nitrogen and oxygen atoms in total. The molecule has 0 fully saturated rings. The number of rotatable bonds is 6. The molecule has 0 aliphatic carbocycles. The highest BCUT2D eigenvalue weighted by Gasteiger charge is 2.15. The first-order valence-electron chi connectivity index (χ1n) is 7.84. The van der Waals surface area contributed by atoms with Gasteiger partial charge in [0.1, 0.15) is 5.75 Å². The lowest BCUT2D eigenvalue weighted by atomic mass is 10.1. The summed E-state index contributed by atoms with van der Waals surface area (Å²) in [7, 11) is 3.32. The minimum absolute atomic E-state index is 0.108. The van der Waals surface area contributed by atoms with Gasteiger partial charge < -0.3 is 15.0 Å². The highest BCUT2D eigenvalue weighted by atomic mass is 16.5. The van der Waals surface area contributed by atoms with Crippen molar-refractivity contribution in [1.82, 2.24) is 4.90 Å². The maximum Gasteiger partial charge on any atom is 0.259 e. The van der Waals surface area contributed by atoms with Gasteiger partial charge in [-0.15, -0.1) is 0 Å². The van der Waals surface area contributed by atoms with Crippen LogP contribution in [0.2, 0.25) is 0 Å². The van der Waals surface area contributed by atoms with Crippen molar-refractivity contribution in [2.45, 2.75) is 13.3 Å². The quantitative estimate of drug-likeness (QED) is 0.888. The van der Waals surface area contributed by atoms with Gasteiger partial charge in [0.2, 0.25) is 0 Å². The van der Waals surface area contributed by atoms with Gasteiger partial charge in [-0.1, -0.05) is 37.3 Å². The lowest BCUT2D eigenvalue weighted by molar-refractivity contribution is -0.130. The molecule has 0 spiro atoms. The molecule has 0 atom stereocenters. The lowest BCUT2D eigenvalue weighted by Crippen LogP contribution is -2.28. The number of hydrogen-bond acceptors (Lipinski definition) is 3. The number of nitrogens with one attached hydrogen (secondary N) is 1. The van der Waals surface area contributed by atoms with Crippen LogP contribution in [0.25, 0.3) is 0 Å². The third kappa shape index (κ3) is 4.35. The fourth-order valence-corrected chi connectivity index (χ4v) is 2.19. The van der Waals surface area contributed by atoms with Crippen LogP contribution in [-0.2, 0) is 11.2 Å². The molecule has 2 amide bonds. The monoisotopic (exact) mass is 326 g/mol. The molecule has 0 heterocycles. The summed E-state index contributed by atoms with van der Waals surface area (Å²) in [5.74, 6) is -0.0375. The fourth-order valence-electron chi connectivity index (χ4n) is 2.19. The average molecular weight is 326 g/mol. The largest absolute Gasteiger partial charge is 0.483 e. The lowest BCUT2D eigenvalue weighted by Gasteiger charge is -2.14. The third-order valence-corrected chi connectivity index (χ3v) is 3.63. The first-order chi connectivity index (χ1) is 11.5. The molecule has 126 valence electrons. The predicted octanol–water partition coefficient (Wildman–Crippen LogP) is 2.97. The van der Waals surface area contributed by atoms with Crippen LogP contribution in [0.15, 0.2) is 48.5 Å². The van der Waals surface area contributed by atoms with E-state index >= 15 is 0 Å². The topological polar surface area (TPSA) is 58.6 Å². The zero-order chi connectivity index (χ0) is 17.5. The first kappa shape index (κ1) is 17.5. The normalized spacial score (nSPS) is 10.1. The Labute approximate surface area is 142 Å². The van der Waals surface area contributed by atoms with Crippen molar-refractivity contribution >= 4 is 17.5 Å². The smallest absolute Gasteiger partial charge is 0.259 e. The summed E-state index contributed by atoms with van der Waals surface area (Å²) in [5, 5.41) is 2.91. The maximum atomic E-state index is 12.6.